The summed E-state index contributed by atoms with van der Waals surface area (Å²) in [7, 11) is 0. The Bertz CT molecular complexity index is 2590. The van der Waals surface area contributed by atoms with Crippen molar-refractivity contribution in [3.8, 4) is 33.4 Å². The number of rotatable bonds is 7. The summed E-state index contributed by atoms with van der Waals surface area (Å²) < 4.78 is 0. The number of nitrogens with zero attached hydrogens (tertiary/aromatic N) is 1. The molecule has 11 rings (SSSR count). The van der Waals surface area contributed by atoms with Crippen molar-refractivity contribution < 1.29 is 0 Å². The number of benzene rings is 7. The van der Waals surface area contributed by atoms with Crippen LogP contribution in [0.3, 0.4) is 0 Å². The van der Waals surface area contributed by atoms with Crippen molar-refractivity contribution in [3.63, 3.8) is 0 Å². The van der Waals surface area contributed by atoms with Crippen LogP contribution in [-0.4, -0.2) is 0 Å². The summed E-state index contributed by atoms with van der Waals surface area (Å²) in [6.07, 6.45) is 12.3. The highest BCUT2D eigenvalue weighted by Gasteiger charge is 2.41. The fourth-order valence-corrected chi connectivity index (χ4v) is 11.9. The van der Waals surface area contributed by atoms with E-state index in [0.717, 1.165) is 11.8 Å². The second kappa shape index (κ2) is 13.9. The number of fused-ring (bicyclic) bond motifs is 6. The zero-order valence-electron chi connectivity index (χ0n) is 33.6. The van der Waals surface area contributed by atoms with Crippen molar-refractivity contribution in [2.45, 2.75) is 88.9 Å². The van der Waals surface area contributed by atoms with Crippen LogP contribution >= 0.6 is 0 Å². The zero-order valence-corrected chi connectivity index (χ0v) is 33.6. The quantitative estimate of drug-likeness (QED) is 0.157. The van der Waals surface area contributed by atoms with E-state index in [1.165, 1.54) is 141 Å². The third kappa shape index (κ3) is 5.88. The van der Waals surface area contributed by atoms with E-state index in [4.69, 9.17) is 0 Å². The van der Waals surface area contributed by atoms with E-state index in [9.17, 15) is 0 Å². The molecule has 3 atom stereocenters. The van der Waals surface area contributed by atoms with Crippen LogP contribution < -0.4 is 4.90 Å². The molecule has 0 aliphatic heterocycles. The van der Waals surface area contributed by atoms with E-state index in [2.05, 4.69) is 170 Å². The van der Waals surface area contributed by atoms with Gasteiger partial charge in [-0.1, -0.05) is 161 Å². The highest BCUT2D eigenvalue weighted by atomic mass is 15.1. The Hall–Kier alpha value is -5.40. The Labute approximate surface area is 339 Å². The van der Waals surface area contributed by atoms with Crippen molar-refractivity contribution in [2.75, 3.05) is 4.90 Å². The molecule has 0 aromatic heterocycles. The lowest BCUT2D eigenvalue weighted by Crippen LogP contribution is -2.19. The fraction of sp³-hybridized carbons (Fsp3) is 0.286. The average molecular weight is 740 g/mol. The van der Waals surface area contributed by atoms with Gasteiger partial charge in [-0.05, 0) is 142 Å². The van der Waals surface area contributed by atoms with E-state index in [-0.39, 0.29) is 5.41 Å². The van der Waals surface area contributed by atoms with Crippen molar-refractivity contribution in [3.05, 3.63) is 174 Å². The predicted molar refractivity (Wildman–Crippen MR) is 241 cm³/mol. The monoisotopic (exact) mass is 739 g/mol. The van der Waals surface area contributed by atoms with Gasteiger partial charge in [0.2, 0.25) is 0 Å². The summed E-state index contributed by atoms with van der Waals surface area (Å²) in [5.74, 6) is 3.14. The third-order valence-corrected chi connectivity index (χ3v) is 14.7. The molecule has 0 N–H and O–H groups in total. The topological polar surface area (TPSA) is 3.24 Å². The van der Waals surface area contributed by atoms with Gasteiger partial charge in [-0.15, -0.1) is 0 Å². The standard InChI is InChI=1S/C56H53N/c1-56(2)51-18-10-9-17-47(51)48-32-33-53(54(55(48)56)43-25-22-40(23-26-43)38-12-5-3-6-13-38)57(46-30-28-42(29-31-46)49-35-37-20-21-45(49)34-37)52-19-11-16-41-24-27-44(36-50(41)52)39-14-7-4-8-15-39/h3,5-6,9-13,16-19,22-33,36-37,39,45,49H,4,7-8,14-15,20-21,34-35H2,1-2H3. The SMILES string of the molecule is CC1(C)c2ccccc2-c2ccc(N(c3ccc(C4CC5CCC4C5)cc3)c3cccc4ccc(C5CCCCC5)cc34)c(-c3ccc(-c4ccccc4)cc3)c21. The zero-order chi connectivity index (χ0) is 38.1. The molecule has 1 heteroatoms. The van der Waals surface area contributed by atoms with Gasteiger partial charge < -0.3 is 4.90 Å². The molecule has 2 bridgehead atoms. The van der Waals surface area contributed by atoms with Crippen molar-refractivity contribution >= 4 is 27.8 Å². The second-order valence-corrected chi connectivity index (χ2v) is 18.3. The van der Waals surface area contributed by atoms with Gasteiger partial charge in [0.1, 0.15) is 0 Å². The Balaban J connectivity index is 1.14. The molecular weight excluding hydrogens is 687 g/mol. The van der Waals surface area contributed by atoms with E-state index < -0.39 is 0 Å². The van der Waals surface area contributed by atoms with Crippen LogP contribution in [0.15, 0.2) is 152 Å². The largest absolute Gasteiger partial charge is 0.309 e. The minimum absolute atomic E-state index is 0.181. The van der Waals surface area contributed by atoms with Crippen LogP contribution in [0.5, 0.6) is 0 Å². The van der Waals surface area contributed by atoms with E-state index in [0.29, 0.717) is 11.8 Å². The molecule has 0 amide bonds. The molecule has 57 heavy (non-hydrogen) atoms. The lowest BCUT2D eigenvalue weighted by atomic mass is 9.78. The highest BCUT2D eigenvalue weighted by molar-refractivity contribution is 6.03. The molecule has 4 aliphatic rings. The molecule has 7 aromatic rings. The Kier molecular flexibility index (Phi) is 8.50. The number of anilines is 3. The Morgan fingerprint density at radius 1 is 0.526 bits per heavy atom. The molecule has 3 saturated carbocycles. The molecule has 3 fully saturated rings. The molecule has 0 spiro atoms. The van der Waals surface area contributed by atoms with E-state index in [1.807, 2.05) is 0 Å². The van der Waals surface area contributed by atoms with Gasteiger partial charge >= 0.3 is 0 Å². The number of hydrogen-bond acceptors (Lipinski definition) is 1. The van der Waals surface area contributed by atoms with Crippen molar-refractivity contribution in [2.24, 2.45) is 11.8 Å². The van der Waals surface area contributed by atoms with Crippen LogP contribution in [0.2, 0.25) is 0 Å². The van der Waals surface area contributed by atoms with Gasteiger partial charge in [0, 0.05) is 22.1 Å². The summed E-state index contributed by atoms with van der Waals surface area (Å²) >= 11 is 0. The van der Waals surface area contributed by atoms with Gasteiger partial charge in [-0.2, -0.15) is 0 Å². The first-order chi connectivity index (χ1) is 28.0. The molecule has 7 aromatic carbocycles. The first kappa shape index (κ1) is 34.8. The normalized spacial score (nSPS) is 20.8. The van der Waals surface area contributed by atoms with Crippen LogP contribution in [0.1, 0.15) is 106 Å². The Morgan fingerprint density at radius 3 is 2.04 bits per heavy atom. The molecule has 4 aliphatic carbocycles. The van der Waals surface area contributed by atoms with Crippen LogP contribution in [0.25, 0.3) is 44.2 Å². The molecule has 0 saturated heterocycles. The van der Waals surface area contributed by atoms with Crippen molar-refractivity contribution in [1.82, 2.24) is 0 Å². The summed E-state index contributed by atoms with van der Waals surface area (Å²) in [5, 5.41) is 2.64. The molecule has 282 valence electrons. The maximum atomic E-state index is 2.62. The van der Waals surface area contributed by atoms with Gasteiger partial charge in [0.25, 0.3) is 0 Å². The van der Waals surface area contributed by atoms with Gasteiger partial charge in [0.15, 0.2) is 0 Å². The van der Waals surface area contributed by atoms with Crippen LogP contribution in [0, 0.1) is 11.8 Å². The van der Waals surface area contributed by atoms with Gasteiger partial charge in [-0.25, -0.2) is 0 Å². The summed E-state index contributed by atoms with van der Waals surface area (Å²) in [6, 6.07) is 58.3. The van der Waals surface area contributed by atoms with Crippen LogP contribution in [-0.2, 0) is 5.41 Å². The summed E-state index contributed by atoms with van der Waals surface area (Å²) in [5.41, 5.74) is 17.2. The fourth-order valence-electron chi connectivity index (χ4n) is 11.9. The minimum atomic E-state index is -0.181. The average Bonchev–Trinajstić information content (AvgIpc) is 3.97. The Morgan fingerprint density at radius 2 is 1.26 bits per heavy atom. The third-order valence-electron chi connectivity index (χ3n) is 14.7. The summed E-state index contributed by atoms with van der Waals surface area (Å²) in [4.78, 5) is 2.62. The van der Waals surface area contributed by atoms with Gasteiger partial charge in [-0.3, -0.25) is 0 Å². The molecule has 0 radical (unpaired) electrons. The lowest BCUT2D eigenvalue weighted by molar-refractivity contribution is 0.420. The molecule has 0 heterocycles. The maximum absolute atomic E-state index is 2.62. The molecular formula is C56H53N. The first-order valence-electron chi connectivity index (χ1n) is 21.9. The molecule has 3 unspecified atom stereocenters. The van der Waals surface area contributed by atoms with Crippen LogP contribution in [0.4, 0.5) is 17.1 Å². The molecule has 1 nitrogen and oxygen atoms in total. The van der Waals surface area contributed by atoms with E-state index in [1.54, 1.807) is 0 Å². The predicted octanol–water partition coefficient (Wildman–Crippen LogP) is 15.9. The first-order valence-corrected chi connectivity index (χ1v) is 21.9. The number of hydrogen-bond donors (Lipinski definition) is 0. The second-order valence-electron chi connectivity index (χ2n) is 18.3. The van der Waals surface area contributed by atoms with E-state index >= 15 is 0 Å². The van der Waals surface area contributed by atoms with Gasteiger partial charge in [0.05, 0.1) is 11.4 Å². The minimum Gasteiger partial charge on any atom is -0.309 e. The lowest BCUT2D eigenvalue weighted by Gasteiger charge is -2.33. The highest BCUT2D eigenvalue weighted by Crippen LogP contribution is 2.57. The van der Waals surface area contributed by atoms with Crippen molar-refractivity contribution in [1.29, 1.82) is 0 Å². The smallest absolute Gasteiger partial charge is 0.0543 e. The maximum Gasteiger partial charge on any atom is 0.0543 e. The summed E-state index contributed by atoms with van der Waals surface area (Å²) in [6.45, 7) is 4.87.